The lowest BCUT2D eigenvalue weighted by atomic mass is 9.93. The third-order valence-electron chi connectivity index (χ3n) is 3.84. The molecule has 0 spiro atoms. The lowest BCUT2D eigenvalue weighted by Gasteiger charge is -2.19. The number of anilines is 1. The molecule has 1 aliphatic heterocycles. The molecule has 2 aromatic heterocycles. The molecule has 5 heteroatoms. The van der Waals surface area contributed by atoms with E-state index in [4.69, 9.17) is 9.97 Å². The van der Waals surface area contributed by atoms with Crippen LogP contribution in [0.15, 0.2) is 11.4 Å². The van der Waals surface area contributed by atoms with Crippen LogP contribution >= 0.6 is 11.3 Å². The van der Waals surface area contributed by atoms with Crippen molar-refractivity contribution in [3.8, 4) is 0 Å². The highest BCUT2D eigenvalue weighted by Crippen LogP contribution is 2.30. The molecule has 0 radical (unpaired) electrons. The van der Waals surface area contributed by atoms with Gasteiger partial charge in [0.1, 0.15) is 16.5 Å². The summed E-state index contributed by atoms with van der Waals surface area (Å²) in [5.41, 5.74) is 0.428. The summed E-state index contributed by atoms with van der Waals surface area (Å²) < 4.78 is 0. The Kier molecular flexibility index (Phi) is 3.65. The van der Waals surface area contributed by atoms with Gasteiger partial charge < -0.3 is 5.32 Å². The molecular formula is C15H22N4S. The fourth-order valence-corrected chi connectivity index (χ4v) is 3.61. The molecule has 1 N–H and O–H groups in total. The number of thiophene rings is 1. The maximum absolute atomic E-state index is 4.72. The number of hydrogen-bond donors (Lipinski definition) is 1. The number of fused-ring (bicyclic) bond motifs is 1. The van der Waals surface area contributed by atoms with Crippen LogP contribution in [-0.2, 0) is 6.54 Å². The van der Waals surface area contributed by atoms with Gasteiger partial charge in [-0.25, -0.2) is 9.97 Å². The minimum Gasteiger partial charge on any atom is -0.370 e. The zero-order valence-electron chi connectivity index (χ0n) is 12.4. The molecule has 1 aliphatic rings. The minimum absolute atomic E-state index is 0.428. The summed E-state index contributed by atoms with van der Waals surface area (Å²) in [7, 11) is 0. The summed E-state index contributed by atoms with van der Waals surface area (Å²) in [5.74, 6) is 1.92. The zero-order valence-corrected chi connectivity index (χ0v) is 13.3. The lowest BCUT2D eigenvalue weighted by Crippen LogP contribution is -2.24. The van der Waals surface area contributed by atoms with Gasteiger partial charge in [0.2, 0.25) is 0 Å². The SMILES string of the molecule is CCNc1nc(CN2CCC(C)(C)C2)nc2sccc12. The average molecular weight is 290 g/mol. The van der Waals surface area contributed by atoms with Gasteiger partial charge in [-0.3, -0.25) is 4.90 Å². The van der Waals surface area contributed by atoms with Crippen LogP contribution < -0.4 is 5.32 Å². The molecule has 0 amide bonds. The monoisotopic (exact) mass is 290 g/mol. The van der Waals surface area contributed by atoms with Gasteiger partial charge >= 0.3 is 0 Å². The summed E-state index contributed by atoms with van der Waals surface area (Å²) in [6.07, 6.45) is 1.26. The van der Waals surface area contributed by atoms with E-state index in [9.17, 15) is 0 Å². The fourth-order valence-electron chi connectivity index (χ4n) is 2.83. The average Bonchev–Trinajstić information content (AvgIpc) is 2.96. The van der Waals surface area contributed by atoms with Crippen molar-refractivity contribution < 1.29 is 0 Å². The predicted octanol–water partition coefficient (Wildman–Crippen LogP) is 3.36. The van der Waals surface area contributed by atoms with E-state index >= 15 is 0 Å². The fraction of sp³-hybridized carbons (Fsp3) is 0.600. The summed E-state index contributed by atoms with van der Waals surface area (Å²) in [4.78, 5) is 13.0. The number of aromatic nitrogens is 2. The van der Waals surface area contributed by atoms with Gasteiger partial charge in [-0.1, -0.05) is 13.8 Å². The Balaban J connectivity index is 1.84. The molecule has 0 aliphatic carbocycles. The molecular weight excluding hydrogens is 268 g/mol. The quantitative estimate of drug-likeness (QED) is 0.937. The molecule has 3 rings (SSSR count). The van der Waals surface area contributed by atoms with Crippen molar-refractivity contribution in [1.82, 2.24) is 14.9 Å². The van der Waals surface area contributed by atoms with E-state index in [1.54, 1.807) is 11.3 Å². The summed E-state index contributed by atoms with van der Waals surface area (Å²) in [6, 6.07) is 2.10. The maximum Gasteiger partial charge on any atom is 0.146 e. The van der Waals surface area contributed by atoms with Crippen LogP contribution in [0, 0.1) is 5.41 Å². The maximum atomic E-state index is 4.72. The van der Waals surface area contributed by atoms with Crippen LogP contribution in [0.3, 0.4) is 0 Å². The second kappa shape index (κ2) is 5.30. The number of rotatable bonds is 4. The van der Waals surface area contributed by atoms with E-state index in [-0.39, 0.29) is 0 Å². The molecule has 0 aromatic carbocycles. The normalized spacial score (nSPS) is 18.8. The van der Waals surface area contributed by atoms with Crippen molar-refractivity contribution in [2.24, 2.45) is 5.41 Å². The molecule has 4 nitrogen and oxygen atoms in total. The number of nitrogens with zero attached hydrogens (tertiary/aromatic N) is 3. The van der Waals surface area contributed by atoms with E-state index in [1.807, 2.05) is 0 Å². The van der Waals surface area contributed by atoms with Crippen molar-refractivity contribution in [3.05, 3.63) is 17.3 Å². The largest absolute Gasteiger partial charge is 0.370 e. The van der Waals surface area contributed by atoms with Crippen LogP contribution in [0.25, 0.3) is 10.2 Å². The van der Waals surface area contributed by atoms with Crippen molar-refractivity contribution in [1.29, 1.82) is 0 Å². The third-order valence-corrected chi connectivity index (χ3v) is 4.64. The molecule has 0 saturated carbocycles. The number of hydrogen-bond acceptors (Lipinski definition) is 5. The summed E-state index contributed by atoms with van der Waals surface area (Å²) in [5, 5.41) is 6.58. The summed E-state index contributed by atoms with van der Waals surface area (Å²) >= 11 is 1.69. The Hall–Kier alpha value is -1.20. The highest BCUT2D eigenvalue weighted by Gasteiger charge is 2.29. The molecule has 3 heterocycles. The van der Waals surface area contributed by atoms with Gasteiger partial charge in [0.15, 0.2) is 0 Å². The Bertz CT molecular complexity index is 605. The first kappa shape index (κ1) is 13.8. The number of likely N-dealkylation sites (tertiary alicyclic amines) is 1. The first-order valence-electron chi connectivity index (χ1n) is 7.28. The lowest BCUT2D eigenvalue weighted by molar-refractivity contribution is 0.279. The molecule has 2 aromatic rings. The summed E-state index contributed by atoms with van der Waals surface area (Å²) in [6.45, 7) is 10.8. The second-order valence-corrected chi connectivity index (χ2v) is 7.18. The molecule has 0 unspecified atom stereocenters. The van der Waals surface area contributed by atoms with E-state index in [0.717, 1.165) is 48.0 Å². The van der Waals surface area contributed by atoms with Gasteiger partial charge in [-0.05, 0) is 36.8 Å². The molecule has 20 heavy (non-hydrogen) atoms. The third kappa shape index (κ3) is 2.79. The smallest absolute Gasteiger partial charge is 0.146 e. The van der Waals surface area contributed by atoms with Crippen molar-refractivity contribution in [3.63, 3.8) is 0 Å². The molecule has 1 fully saturated rings. The van der Waals surface area contributed by atoms with Gasteiger partial charge in [0.05, 0.1) is 11.9 Å². The van der Waals surface area contributed by atoms with Crippen LogP contribution in [0.2, 0.25) is 0 Å². The minimum atomic E-state index is 0.428. The van der Waals surface area contributed by atoms with Crippen LogP contribution in [-0.4, -0.2) is 34.5 Å². The standard InChI is InChI=1S/C15H22N4S/c1-4-16-13-11-5-8-20-14(11)18-12(17-13)9-19-7-6-15(2,3)10-19/h5,8H,4,6-7,9-10H2,1-3H3,(H,16,17,18). The highest BCUT2D eigenvalue weighted by molar-refractivity contribution is 7.16. The van der Waals surface area contributed by atoms with Gasteiger partial charge in [-0.2, -0.15) is 0 Å². The molecule has 0 bridgehead atoms. The van der Waals surface area contributed by atoms with Gasteiger partial charge in [-0.15, -0.1) is 11.3 Å². The van der Waals surface area contributed by atoms with E-state index in [0.29, 0.717) is 5.41 Å². The van der Waals surface area contributed by atoms with Gasteiger partial charge in [0.25, 0.3) is 0 Å². The second-order valence-electron chi connectivity index (χ2n) is 6.28. The highest BCUT2D eigenvalue weighted by atomic mass is 32.1. The van der Waals surface area contributed by atoms with Crippen molar-refractivity contribution in [2.45, 2.75) is 33.7 Å². The molecule has 108 valence electrons. The van der Waals surface area contributed by atoms with E-state index in [2.05, 4.69) is 42.4 Å². The van der Waals surface area contributed by atoms with E-state index in [1.165, 1.54) is 6.42 Å². The Labute approximate surface area is 124 Å². The Morgan fingerprint density at radius 2 is 2.25 bits per heavy atom. The predicted molar refractivity (Wildman–Crippen MR) is 85.3 cm³/mol. The Morgan fingerprint density at radius 1 is 1.40 bits per heavy atom. The first-order chi connectivity index (χ1) is 9.57. The van der Waals surface area contributed by atoms with Crippen LogP contribution in [0.4, 0.5) is 5.82 Å². The molecule has 0 atom stereocenters. The van der Waals surface area contributed by atoms with Crippen molar-refractivity contribution >= 4 is 27.4 Å². The van der Waals surface area contributed by atoms with E-state index < -0.39 is 0 Å². The van der Waals surface area contributed by atoms with Crippen molar-refractivity contribution in [2.75, 3.05) is 25.0 Å². The Morgan fingerprint density at radius 3 is 2.95 bits per heavy atom. The molecule has 1 saturated heterocycles. The van der Waals surface area contributed by atoms with Crippen LogP contribution in [0.1, 0.15) is 33.0 Å². The first-order valence-corrected chi connectivity index (χ1v) is 8.16. The van der Waals surface area contributed by atoms with Crippen LogP contribution in [0.5, 0.6) is 0 Å². The van der Waals surface area contributed by atoms with Gasteiger partial charge in [0, 0.05) is 13.1 Å². The zero-order chi connectivity index (χ0) is 14.2. The topological polar surface area (TPSA) is 41.1 Å². The number of nitrogens with one attached hydrogen (secondary N) is 1.